The van der Waals surface area contributed by atoms with E-state index in [0.29, 0.717) is 35.8 Å². The summed E-state index contributed by atoms with van der Waals surface area (Å²) in [6.45, 7) is 10.9. The SMILES string of the molecule is Cc1ccc(C(C)C)cc1OCCNc1ncc(C(=O)O)c(COc2cc(C)c(Cl)c(C)c2)n1. The Hall–Kier alpha value is -3.32. The highest BCUT2D eigenvalue weighted by Crippen LogP contribution is 2.27. The number of carboxylic acids is 1. The predicted molar refractivity (Wildman–Crippen MR) is 134 cm³/mol. The van der Waals surface area contributed by atoms with E-state index in [2.05, 4.69) is 47.3 Å². The van der Waals surface area contributed by atoms with Gasteiger partial charge in [0.25, 0.3) is 0 Å². The van der Waals surface area contributed by atoms with Crippen LogP contribution in [0.5, 0.6) is 11.5 Å². The molecule has 0 bridgehead atoms. The number of hydrogen-bond donors (Lipinski definition) is 2. The molecule has 0 radical (unpaired) electrons. The van der Waals surface area contributed by atoms with Crippen molar-refractivity contribution in [3.8, 4) is 11.5 Å². The first-order valence-electron chi connectivity index (χ1n) is 11.1. The van der Waals surface area contributed by atoms with Gasteiger partial charge >= 0.3 is 5.97 Å². The van der Waals surface area contributed by atoms with Gasteiger partial charge in [-0.05, 0) is 67.1 Å². The lowest BCUT2D eigenvalue weighted by atomic mass is 10.0. The summed E-state index contributed by atoms with van der Waals surface area (Å²) in [4.78, 5) is 20.1. The molecule has 180 valence electrons. The minimum Gasteiger partial charge on any atom is -0.491 e. The molecule has 0 aliphatic rings. The molecule has 0 fully saturated rings. The number of rotatable bonds is 10. The number of halogens is 1. The third kappa shape index (κ3) is 6.38. The zero-order valence-electron chi connectivity index (χ0n) is 20.1. The number of ether oxygens (including phenoxy) is 2. The molecule has 8 heteroatoms. The third-order valence-corrected chi connectivity index (χ3v) is 6.00. The lowest BCUT2D eigenvalue weighted by Gasteiger charge is -2.14. The van der Waals surface area contributed by atoms with E-state index in [0.717, 1.165) is 22.4 Å². The maximum absolute atomic E-state index is 11.6. The Bertz CT molecular complexity index is 1160. The average Bonchev–Trinajstić information content (AvgIpc) is 2.79. The van der Waals surface area contributed by atoms with Crippen LogP contribution in [0.25, 0.3) is 0 Å². The van der Waals surface area contributed by atoms with Gasteiger partial charge in [-0.15, -0.1) is 0 Å². The van der Waals surface area contributed by atoms with Gasteiger partial charge in [-0.1, -0.05) is 37.6 Å². The maximum atomic E-state index is 11.6. The first-order valence-corrected chi connectivity index (χ1v) is 11.5. The molecule has 3 aromatic rings. The fourth-order valence-electron chi connectivity index (χ4n) is 3.39. The fraction of sp³-hybridized carbons (Fsp3) is 0.346. The van der Waals surface area contributed by atoms with Crippen molar-refractivity contribution < 1.29 is 19.4 Å². The first kappa shape index (κ1) is 25.3. The average molecular weight is 484 g/mol. The van der Waals surface area contributed by atoms with Crippen molar-refractivity contribution in [2.24, 2.45) is 0 Å². The highest BCUT2D eigenvalue weighted by Gasteiger charge is 2.15. The van der Waals surface area contributed by atoms with Gasteiger partial charge in [0.1, 0.15) is 30.3 Å². The number of anilines is 1. The Balaban J connectivity index is 1.64. The van der Waals surface area contributed by atoms with Crippen LogP contribution in [0.3, 0.4) is 0 Å². The molecule has 0 amide bonds. The number of benzene rings is 2. The Morgan fingerprint density at radius 3 is 2.44 bits per heavy atom. The van der Waals surface area contributed by atoms with Crippen molar-refractivity contribution in [2.45, 2.75) is 47.1 Å². The molecule has 1 heterocycles. The highest BCUT2D eigenvalue weighted by molar-refractivity contribution is 6.32. The van der Waals surface area contributed by atoms with Crippen LogP contribution in [0.4, 0.5) is 5.95 Å². The van der Waals surface area contributed by atoms with Crippen LogP contribution in [0.15, 0.2) is 36.5 Å². The molecular weight excluding hydrogens is 454 g/mol. The summed E-state index contributed by atoms with van der Waals surface area (Å²) in [5.74, 6) is 1.05. The van der Waals surface area contributed by atoms with Crippen molar-refractivity contribution in [1.82, 2.24) is 9.97 Å². The molecule has 3 rings (SSSR count). The molecule has 1 aromatic heterocycles. The molecule has 2 N–H and O–H groups in total. The third-order valence-electron chi connectivity index (χ3n) is 5.41. The van der Waals surface area contributed by atoms with Gasteiger partial charge in [-0.2, -0.15) is 0 Å². The van der Waals surface area contributed by atoms with Crippen LogP contribution in [-0.4, -0.2) is 34.2 Å². The van der Waals surface area contributed by atoms with Crippen molar-refractivity contribution in [2.75, 3.05) is 18.5 Å². The van der Waals surface area contributed by atoms with Crippen LogP contribution < -0.4 is 14.8 Å². The van der Waals surface area contributed by atoms with Crippen molar-refractivity contribution in [1.29, 1.82) is 0 Å². The molecule has 0 saturated heterocycles. The highest BCUT2D eigenvalue weighted by atomic mass is 35.5. The Labute approximate surface area is 205 Å². The quantitative estimate of drug-likeness (QED) is 0.344. The van der Waals surface area contributed by atoms with E-state index < -0.39 is 5.97 Å². The Morgan fingerprint density at radius 1 is 1.09 bits per heavy atom. The second-order valence-electron chi connectivity index (χ2n) is 8.47. The summed E-state index contributed by atoms with van der Waals surface area (Å²) in [5.41, 5.74) is 4.32. The van der Waals surface area contributed by atoms with Crippen molar-refractivity contribution >= 4 is 23.5 Å². The molecule has 7 nitrogen and oxygen atoms in total. The van der Waals surface area contributed by atoms with E-state index in [1.165, 1.54) is 11.8 Å². The zero-order valence-corrected chi connectivity index (χ0v) is 20.9. The molecule has 0 saturated carbocycles. The van der Waals surface area contributed by atoms with Gasteiger partial charge in [0.05, 0.1) is 12.2 Å². The minimum atomic E-state index is -1.11. The van der Waals surface area contributed by atoms with E-state index in [1.807, 2.05) is 32.9 Å². The lowest BCUT2D eigenvalue weighted by Crippen LogP contribution is -2.16. The van der Waals surface area contributed by atoms with Crippen LogP contribution in [0, 0.1) is 20.8 Å². The van der Waals surface area contributed by atoms with E-state index in [-0.39, 0.29) is 17.9 Å². The lowest BCUT2D eigenvalue weighted by molar-refractivity contribution is 0.0692. The van der Waals surface area contributed by atoms with E-state index in [1.54, 1.807) is 0 Å². The molecular formula is C26H30ClN3O4. The summed E-state index contributed by atoms with van der Waals surface area (Å²) < 4.78 is 11.7. The first-order chi connectivity index (χ1) is 16.2. The van der Waals surface area contributed by atoms with Gasteiger partial charge in [-0.3, -0.25) is 0 Å². The number of nitrogens with one attached hydrogen (secondary N) is 1. The summed E-state index contributed by atoms with van der Waals surface area (Å²) in [6, 6.07) is 9.85. The van der Waals surface area contributed by atoms with Gasteiger partial charge in [0.15, 0.2) is 0 Å². The molecule has 34 heavy (non-hydrogen) atoms. The smallest absolute Gasteiger partial charge is 0.339 e. The number of aryl methyl sites for hydroxylation is 3. The molecule has 0 spiro atoms. The number of aromatic nitrogens is 2. The minimum absolute atomic E-state index is 0.00895. The van der Waals surface area contributed by atoms with Crippen LogP contribution in [0.1, 0.15) is 58.1 Å². The predicted octanol–water partition coefficient (Wildman–Crippen LogP) is 5.95. The number of carbonyl (C=O) groups is 1. The van der Waals surface area contributed by atoms with Crippen LogP contribution in [0.2, 0.25) is 5.02 Å². The molecule has 0 atom stereocenters. The molecule has 2 aromatic carbocycles. The van der Waals surface area contributed by atoms with Gasteiger partial charge in [0.2, 0.25) is 5.95 Å². The number of hydrogen-bond acceptors (Lipinski definition) is 6. The Kier molecular flexibility index (Phi) is 8.34. The van der Waals surface area contributed by atoms with Gasteiger partial charge in [0, 0.05) is 11.2 Å². The number of aromatic carboxylic acids is 1. The summed E-state index contributed by atoms with van der Waals surface area (Å²) >= 11 is 6.21. The monoisotopic (exact) mass is 483 g/mol. The summed E-state index contributed by atoms with van der Waals surface area (Å²) in [7, 11) is 0. The number of nitrogens with zero attached hydrogens (tertiary/aromatic N) is 2. The fourth-order valence-corrected chi connectivity index (χ4v) is 3.50. The normalized spacial score (nSPS) is 10.9. The maximum Gasteiger partial charge on any atom is 0.339 e. The molecule has 0 unspecified atom stereocenters. The van der Waals surface area contributed by atoms with Crippen LogP contribution >= 0.6 is 11.6 Å². The number of carboxylic acid groups (broad SMARTS) is 1. The Morgan fingerprint density at radius 2 is 1.79 bits per heavy atom. The summed E-state index contributed by atoms with van der Waals surface area (Å²) in [6.07, 6.45) is 1.28. The van der Waals surface area contributed by atoms with E-state index >= 15 is 0 Å². The van der Waals surface area contributed by atoms with E-state index in [9.17, 15) is 9.90 Å². The van der Waals surface area contributed by atoms with Crippen LogP contribution in [-0.2, 0) is 6.61 Å². The standard InChI is InChI=1S/C26H30ClN3O4/c1-15(2)19-7-6-16(3)23(12-19)33-9-8-28-26-29-13-21(25(31)32)22(30-26)14-34-20-10-17(4)24(27)18(5)11-20/h6-7,10-13,15H,8-9,14H2,1-5H3,(H,31,32)(H,28,29,30). The second kappa shape index (κ2) is 11.2. The zero-order chi connectivity index (χ0) is 24.8. The summed E-state index contributed by atoms with van der Waals surface area (Å²) in [5, 5.41) is 13.3. The molecule has 0 aliphatic carbocycles. The second-order valence-corrected chi connectivity index (χ2v) is 8.85. The van der Waals surface area contributed by atoms with Gasteiger partial charge in [-0.25, -0.2) is 14.8 Å². The van der Waals surface area contributed by atoms with Crippen molar-refractivity contribution in [3.05, 3.63) is 75.1 Å². The van der Waals surface area contributed by atoms with Gasteiger partial charge < -0.3 is 19.9 Å². The van der Waals surface area contributed by atoms with Crippen molar-refractivity contribution in [3.63, 3.8) is 0 Å². The van der Waals surface area contributed by atoms with E-state index in [4.69, 9.17) is 21.1 Å². The largest absolute Gasteiger partial charge is 0.491 e. The topological polar surface area (TPSA) is 93.6 Å². The molecule has 0 aliphatic heterocycles.